The standard InChI is InChI=1S/C31H36F3N5O2/c1-19-17-22(20-11-13-39(14-12-20)15-16-40)8-9-24(19)37-29-35-18-23(31(32,33)34)25(38-29)10-7-21-5-4-6-26-27(21)30(2,3)28(41)36-26/h4-6,8-9,17-18,20,40H,7,10-16H2,1-3H3,(H,36,41)(H,35,37,38). The Kier molecular flexibility index (Phi) is 8.07. The largest absolute Gasteiger partial charge is 0.419 e. The second kappa shape index (κ2) is 11.4. The van der Waals surface area contributed by atoms with Crippen LogP contribution in [0.25, 0.3) is 0 Å². The quantitative estimate of drug-likeness (QED) is 0.322. The highest BCUT2D eigenvalue weighted by atomic mass is 19.4. The van der Waals surface area contributed by atoms with E-state index in [0.29, 0.717) is 24.6 Å². The number of nitrogens with zero attached hydrogens (tertiary/aromatic N) is 3. The van der Waals surface area contributed by atoms with E-state index in [1.165, 1.54) is 5.56 Å². The molecule has 1 aromatic heterocycles. The summed E-state index contributed by atoms with van der Waals surface area (Å²) in [5.41, 5.74) is 3.56. The van der Waals surface area contributed by atoms with E-state index in [1.807, 2.05) is 39.0 Å². The van der Waals surface area contributed by atoms with Gasteiger partial charge in [0.2, 0.25) is 11.9 Å². The minimum Gasteiger partial charge on any atom is -0.395 e. The predicted molar refractivity (Wildman–Crippen MR) is 153 cm³/mol. The lowest BCUT2D eigenvalue weighted by molar-refractivity contribution is -0.138. The van der Waals surface area contributed by atoms with Gasteiger partial charge in [-0.1, -0.05) is 24.3 Å². The SMILES string of the molecule is Cc1cc(C2CCN(CCO)CC2)ccc1Nc1ncc(C(F)(F)F)c(CCc2cccc3c2C(C)(C)C(=O)N3)n1. The van der Waals surface area contributed by atoms with Gasteiger partial charge >= 0.3 is 6.18 Å². The maximum absolute atomic E-state index is 13.9. The lowest BCUT2D eigenvalue weighted by Gasteiger charge is -2.32. The Hall–Kier alpha value is -3.50. The van der Waals surface area contributed by atoms with Crippen molar-refractivity contribution >= 4 is 23.2 Å². The molecule has 2 aliphatic rings. The fraction of sp³-hybridized carbons (Fsp3) is 0.452. The minimum absolute atomic E-state index is 0.0413. The number of carbonyl (C=O) groups excluding carboxylic acids is 1. The molecule has 41 heavy (non-hydrogen) atoms. The van der Waals surface area contributed by atoms with E-state index in [2.05, 4.69) is 37.6 Å². The third-order valence-electron chi connectivity index (χ3n) is 8.37. The summed E-state index contributed by atoms with van der Waals surface area (Å²) in [5.74, 6) is 0.413. The van der Waals surface area contributed by atoms with Crippen LogP contribution in [0.3, 0.4) is 0 Å². The molecule has 0 aliphatic carbocycles. The molecule has 10 heteroatoms. The van der Waals surface area contributed by atoms with Gasteiger partial charge in [-0.25, -0.2) is 9.97 Å². The fourth-order valence-electron chi connectivity index (χ4n) is 6.03. The Morgan fingerprint density at radius 1 is 1.15 bits per heavy atom. The minimum atomic E-state index is -4.59. The normalized spacial score (nSPS) is 17.4. The lowest BCUT2D eigenvalue weighted by Crippen LogP contribution is -2.34. The van der Waals surface area contributed by atoms with Gasteiger partial charge in [0.1, 0.15) is 0 Å². The Balaban J connectivity index is 1.34. The van der Waals surface area contributed by atoms with Crippen LogP contribution in [-0.2, 0) is 29.2 Å². The van der Waals surface area contributed by atoms with Crippen molar-refractivity contribution in [2.75, 3.05) is 36.9 Å². The molecule has 0 radical (unpaired) electrons. The highest BCUT2D eigenvalue weighted by molar-refractivity contribution is 6.06. The summed E-state index contributed by atoms with van der Waals surface area (Å²) in [7, 11) is 0. The number of aromatic nitrogens is 2. The van der Waals surface area contributed by atoms with E-state index in [4.69, 9.17) is 0 Å². The van der Waals surface area contributed by atoms with Crippen LogP contribution in [0.5, 0.6) is 0 Å². The number of fused-ring (bicyclic) bond motifs is 1. The van der Waals surface area contributed by atoms with E-state index in [1.54, 1.807) is 6.07 Å². The van der Waals surface area contributed by atoms with Gasteiger partial charge in [-0.3, -0.25) is 4.79 Å². The molecule has 0 spiro atoms. The van der Waals surface area contributed by atoms with Crippen LogP contribution in [0.4, 0.5) is 30.5 Å². The smallest absolute Gasteiger partial charge is 0.395 e. The highest BCUT2D eigenvalue weighted by Crippen LogP contribution is 2.40. The molecule has 1 amide bonds. The average molecular weight is 568 g/mol. The molecular formula is C31H36F3N5O2. The van der Waals surface area contributed by atoms with Crippen LogP contribution < -0.4 is 10.6 Å². The highest BCUT2D eigenvalue weighted by Gasteiger charge is 2.40. The zero-order chi connectivity index (χ0) is 29.4. The number of carbonyl (C=O) groups is 1. The number of aryl methyl sites for hydroxylation is 3. The monoisotopic (exact) mass is 567 g/mol. The Morgan fingerprint density at radius 2 is 1.90 bits per heavy atom. The molecule has 0 saturated carbocycles. The molecule has 0 atom stereocenters. The van der Waals surface area contributed by atoms with Crippen LogP contribution >= 0.6 is 0 Å². The van der Waals surface area contributed by atoms with Crippen LogP contribution in [0.2, 0.25) is 0 Å². The number of nitrogens with one attached hydrogen (secondary N) is 2. The number of hydrogen-bond donors (Lipinski definition) is 3. The summed E-state index contributed by atoms with van der Waals surface area (Å²) in [6.07, 6.45) is -1.37. The molecule has 3 heterocycles. The molecule has 0 bridgehead atoms. The van der Waals surface area contributed by atoms with E-state index < -0.39 is 17.2 Å². The number of rotatable bonds is 8. The summed E-state index contributed by atoms with van der Waals surface area (Å²) in [5, 5.41) is 15.2. The zero-order valence-corrected chi connectivity index (χ0v) is 23.6. The molecule has 0 unspecified atom stereocenters. The van der Waals surface area contributed by atoms with Crippen molar-refractivity contribution in [1.29, 1.82) is 0 Å². The first-order valence-corrected chi connectivity index (χ1v) is 14.0. The Morgan fingerprint density at radius 3 is 2.59 bits per heavy atom. The summed E-state index contributed by atoms with van der Waals surface area (Å²) in [6, 6.07) is 11.6. The van der Waals surface area contributed by atoms with Crippen molar-refractivity contribution in [2.24, 2.45) is 0 Å². The summed E-state index contributed by atoms with van der Waals surface area (Å²) >= 11 is 0. The molecule has 3 N–H and O–H groups in total. The molecular weight excluding hydrogens is 531 g/mol. The third-order valence-corrected chi connectivity index (χ3v) is 8.37. The van der Waals surface area contributed by atoms with Crippen LogP contribution in [-0.4, -0.2) is 52.1 Å². The molecule has 218 valence electrons. The number of piperidine rings is 1. The van der Waals surface area contributed by atoms with Gasteiger partial charge in [-0.2, -0.15) is 13.2 Å². The molecule has 1 fully saturated rings. The van der Waals surface area contributed by atoms with Gasteiger partial charge in [-0.15, -0.1) is 0 Å². The number of benzene rings is 2. The average Bonchev–Trinajstić information content (AvgIpc) is 3.17. The second-order valence-corrected chi connectivity index (χ2v) is 11.5. The lowest BCUT2D eigenvalue weighted by atomic mass is 9.82. The molecule has 1 saturated heterocycles. The van der Waals surface area contributed by atoms with E-state index in [9.17, 15) is 23.1 Å². The fourth-order valence-corrected chi connectivity index (χ4v) is 6.03. The first kappa shape index (κ1) is 29.0. The van der Waals surface area contributed by atoms with E-state index in [0.717, 1.165) is 54.5 Å². The number of amides is 1. The number of anilines is 3. The van der Waals surface area contributed by atoms with Gasteiger partial charge < -0.3 is 20.6 Å². The number of aliphatic hydroxyl groups excluding tert-OH is 1. The number of hydrogen-bond acceptors (Lipinski definition) is 6. The Labute approximate surface area is 238 Å². The number of β-amino-alcohol motifs (C(OH)–C–C–N with tert-alkyl or cyclic N) is 1. The molecule has 5 rings (SSSR count). The van der Waals surface area contributed by atoms with Gasteiger partial charge in [0.25, 0.3) is 0 Å². The topological polar surface area (TPSA) is 90.4 Å². The molecule has 2 aliphatic heterocycles. The van der Waals surface area contributed by atoms with Crippen molar-refractivity contribution in [1.82, 2.24) is 14.9 Å². The van der Waals surface area contributed by atoms with Crippen molar-refractivity contribution in [3.05, 3.63) is 76.1 Å². The first-order valence-electron chi connectivity index (χ1n) is 14.0. The van der Waals surface area contributed by atoms with Crippen molar-refractivity contribution in [2.45, 2.75) is 64.0 Å². The van der Waals surface area contributed by atoms with Crippen LogP contribution in [0, 0.1) is 6.92 Å². The maximum Gasteiger partial charge on any atom is 0.419 e. The number of alkyl halides is 3. The summed E-state index contributed by atoms with van der Waals surface area (Å²) < 4.78 is 41.7. The number of halogens is 3. The maximum atomic E-state index is 13.9. The van der Waals surface area contributed by atoms with Gasteiger partial charge in [0.15, 0.2) is 0 Å². The molecule has 2 aromatic carbocycles. The van der Waals surface area contributed by atoms with Crippen LogP contribution in [0.15, 0.2) is 42.6 Å². The van der Waals surface area contributed by atoms with Gasteiger partial charge in [0.05, 0.1) is 23.3 Å². The van der Waals surface area contributed by atoms with E-state index >= 15 is 0 Å². The van der Waals surface area contributed by atoms with Gasteiger partial charge in [0, 0.05) is 24.1 Å². The second-order valence-electron chi connectivity index (χ2n) is 11.5. The van der Waals surface area contributed by atoms with E-state index in [-0.39, 0.29) is 30.6 Å². The summed E-state index contributed by atoms with van der Waals surface area (Å²) in [6.45, 7) is 8.36. The van der Waals surface area contributed by atoms with Crippen LogP contribution in [0.1, 0.15) is 66.1 Å². The zero-order valence-electron chi connectivity index (χ0n) is 23.6. The molecule has 7 nitrogen and oxygen atoms in total. The predicted octanol–water partition coefficient (Wildman–Crippen LogP) is 5.73. The van der Waals surface area contributed by atoms with Crippen molar-refractivity contribution < 1.29 is 23.1 Å². The van der Waals surface area contributed by atoms with Crippen molar-refractivity contribution in [3.63, 3.8) is 0 Å². The Bertz CT molecular complexity index is 1430. The molecule has 3 aromatic rings. The number of aliphatic hydroxyl groups is 1. The number of likely N-dealkylation sites (tertiary alicyclic amines) is 1. The van der Waals surface area contributed by atoms with Gasteiger partial charge in [-0.05, 0) is 99.8 Å². The third kappa shape index (κ3) is 6.08. The van der Waals surface area contributed by atoms with Crippen molar-refractivity contribution in [3.8, 4) is 0 Å². The summed E-state index contributed by atoms with van der Waals surface area (Å²) in [4.78, 5) is 23.1. The first-order chi connectivity index (χ1) is 19.5.